The first kappa shape index (κ1) is 12.9. The maximum atomic E-state index is 10.4. The van der Waals surface area contributed by atoms with E-state index in [1.807, 2.05) is 0 Å². The second kappa shape index (κ2) is 6.36. The molecule has 0 aromatic carbocycles. The number of carbonyl (C=O) groups is 3. The highest BCUT2D eigenvalue weighted by atomic mass is 16.4. The van der Waals surface area contributed by atoms with Crippen LogP contribution in [0, 0.1) is 5.92 Å². The van der Waals surface area contributed by atoms with Crippen molar-refractivity contribution >= 4 is 17.9 Å². The van der Waals surface area contributed by atoms with E-state index in [-0.39, 0.29) is 6.42 Å². The van der Waals surface area contributed by atoms with E-state index < -0.39 is 23.8 Å². The summed E-state index contributed by atoms with van der Waals surface area (Å²) in [5.41, 5.74) is 0. The number of aliphatic carboxylic acids is 3. The second-order valence-corrected chi connectivity index (χ2v) is 2.59. The first-order chi connectivity index (χ1) is 6.95. The highest BCUT2D eigenvalue weighted by Crippen LogP contribution is 2.04. The van der Waals surface area contributed by atoms with Crippen molar-refractivity contribution in [2.24, 2.45) is 5.92 Å². The summed E-state index contributed by atoms with van der Waals surface area (Å²) in [4.78, 5) is 30.8. The lowest BCUT2D eigenvalue weighted by Gasteiger charge is -2.01. The van der Waals surface area contributed by atoms with Crippen molar-refractivity contribution < 1.29 is 29.7 Å². The summed E-state index contributed by atoms with van der Waals surface area (Å²) in [6.45, 7) is 0. The SMILES string of the molecule is O=C(O)C=CC=CCC(C(=O)O)C(=O)O. The van der Waals surface area contributed by atoms with E-state index >= 15 is 0 Å². The summed E-state index contributed by atoms with van der Waals surface area (Å²) >= 11 is 0. The molecule has 0 saturated heterocycles. The van der Waals surface area contributed by atoms with Gasteiger partial charge in [-0.3, -0.25) is 9.59 Å². The van der Waals surface area contributed by atoms with Crippen LogP contribution in [-0.4, -0.2) is 33.2 Å². The Labute approximate surface area is 85.1 Å². The van der Waals surface area contributed by atoms with Crippen LogP contribution in [-0.2, 0) is 14.4 Å². The molecular formula is C9H10O6. The Morgan fingerprint density at radius 3 is 1.93 bits per heavy atom. The van der Waals surface area contributed by atoms with E-state index in [1.54, 1.807) is 0 Å². The van der Waals surface area contributed by atoms with Gasteiger partial charge in [0, 0.05) is 6.08 Å². The van der Waals surface area contributed by atoms with E-state index in [9.17, 15) is 14.4 Å². The van der Waals surface area contributed by atoms with Crippen molar-refractivity contribution in [3.8, 4) is 0 Å². The van der Waals surface area contributed by atoms with Gasteiger partial charge in [0.05, 0.1) is 0 Å². The second-order valence-electron chi connectivity index (χ2n) is 2.59. The third-order valence-electron chi connectivity index (χ3n) is 1.45. The summed E-state index contributed by atoms with van der Waals surface area (Å²) in [7, 11) is 0. The van der Waals surface area contributed by atoms with E-state index in [2.05, 4.69) is 0 Å². The third-order valence-corrected chi connectivity index (χ3v) is 1.45. The van der Waals surface area contributed by atoms with Crippen molar-refractivity contribution in [2.75, 3.05) is 0 Å². The summed E-state index contributed by atoms with van der Waals surface area (Å²) in [5.74, 6) is -5.48. The van der Waals surface area contributed by atoms with Crippen LogP contribution in [0.5, 0.6) is 0 Å². The normalized spacial score (nSPS) is 11.3. The number of rotatable bonds is 6. The van der Waals surface area contributed by atoms with Gasteiger partial charge in [-0.1, -0.05) is 18.2 Å². The predicted molar refractivity (Wildman–Crippen MR) is 49.3 cm³/mol. The molecule has 0 radical (unpaired) electrons. The molecule has 0 aliphatic rings. The van der Waals surface area contributed by atoms with Crippen LogP contribution in [0.25, 0.3) is 0 Å². The lowest BCUT2D eigenvalue weighted by Crippen LogP contribution is -2.22. The number of allylic oxidation sites excluding steroid dienone is 3. The van der Waals surface area contributed by atoms with Crippen molar-refractivity contribution in [1.82, 2.24) is 0 Å². The fraction of sp³-hybridized carbons (Fsp3) is 0.222. The van der Waals surface area contributed by atoms with Crippen LogP contribution in [0.2, 0.25) is 0 Å². The third kappa shape index (κ3) is 6.03. The Hall–Kier alpha value is -2.11. The Kier molecular flexibility index (Phi) is 5.47. The maximum absolute atomic E-state index is 10.4. The predicted octanol–water partition coefficient (Wildman–Crippen LogP) is 0.359. The van der Waals surface area contributed by atoms with Crippen molar-refractivity contribution in [2.45, 2.75) is 6.42 Å². The Balaban J connectivity index is 4.17. The number of carboxylic acid groups (broad SMARTS) is 3. The highest BCUT2D eigenvalue weighted by Gasteiger charge is 2.23. The van der Waals surface area contributed by atoms with Crippen LogP contribution in [0.4, 0.5) is 0 Å². The molecule has 82 valence electrons. The molecule has 0 amide bonds. The van der Waals surface area contributed by atoms with Gasteiger partial charge in [0.15, 0.2) is 5.92 Å². The van der Waals surface area contributed by atoms with Gasteiger partial charge < -0.3 is 15.3 Å². The van der Waals surface area contributed by atoms with Crippen LogP contribution in [0.15, 0.2) is 24.3 Å². The molecule has 0 atom stereocenters. The minimum atomic E-state index is -1.50. The lowest BCUT2D eigenvalue weighted by molar-refractivity contribution is -0.154. The van der Waals surface area contributed by atoms with Gasteiger partial charge in [-0.15, -0.1) is 0 Å². The molecule has 6 nitrogen and oxygen atoms in total. The van der Waals surface area contributed by atoms with Gasteiger partial charge in [-0.05, 0) is 6.42 Å². The zero-order valence-electron chi connectivity index (χ0n) is 7.66. The standard InChI is InChI=1S/C9H10O6/c10-7(11)5-3-1-2-4-6(8(12)13)9(14)15/h1-3,5-6H,4H2,(H,10,11)(H,12,13)(H,14,15). The van der Waals surface area contributed by atoms with Gasteiger partial charge in [0.2, 0.25) is 0 Å². The average molecular weight is 214 g/mol. The van der Waals surface area contributed by atoms with Gasteiger partial charge >= 0.3 is 17.9 Å². The summed E-state index contributed by atoms with van der Waals surface area (Å²) in [5, 5.41) is 25.1. The molecule has 3 N–H and O–H groups in total. The van der Waals surface area contributed by atoms with Gasteiger partial charge in [0.25, 0.3) is 0 Å². The molecule has 0 aromatic heterocycles. The van der Waals surface area contributed by atoms with Gasteiger partial charge in [0.1, 0.15) is 0 Å². The average Bonchev–Trinajstić information content (AvgIpc) is 2.08. The zero-order chi connectivity index (χ0) is 11.8. The summed E-state index contributed by atoms with van der Waals surface area (Å²) in [6.07, 6.45) is 4.42. The quantitative estimate of drug-likeness (QED) is 0.334. The molecule has 0 fully saturated rings. The molecule has 0 bridgehead atoms. The molecule has 0 aromatic rings. The molecule has 0 aliphatic heterocycles. The first-order valence-corrected chi connectivity index (χ1v) is 3.97. The molecule has 15 heavy (non-hydrogen) atoms. The van der Waals surface area contributed by atoms with E-state index in [1.165, 1.54) is 18.2 Å². The Morgan fingerprint density at radius 1 is 1.00 bits per heavy atom. The van der Waals surface area contributed by atoms with Crippen LogP contribution < -0.4 is 0 Å². The maximum Gasteiger partial charge on any atom is 0.328 e. The molecule has 0 unspecified atom stereocenters. The summed E-state index contributed by atoms with van der Waals surface area (Å²) < 4.78 is 0. The molecule has 0 spiro atoms. The molecule has 0 rings (SSSR count). The topological polar surface area (TPSA) is 112 Å². The summed E-state index contributed by atoms with van der Waals surface area (Å²) in [6, 6.07) is 0. The minimum absolute atomic E-state index is 0.186. The van der Waals surface area contributed by atoms with Crippen molar-refractivity contribution in [1.29, 1.82) is 0 Å². The van der Waals surface area contributed by atoms with E-state index in [0.29, 0.717) is 0 Å². The lowest BCUT2D eigenvalue weighted by atomic mass is 10.1. The van der Waals surface area contributed by atoms with E-state index in [0.717, 1.165) is 6.08 Å². The minimum Gasteiger partial charge on any atom is -0.481 e. The van der Waals surface area contributed by atoms with Crippen LogP contribution >= 0.6 is 0 Å². The fourth-order valence-electron chi connectivity index (χ4n) is 0.738. The van der Waals surface area contributed by atoms with Crippen LogP contribution in [0.3, 0.4) is 0 Å². The molecule has 0 heterocycles. The fourth-order valence-corrected chi connectivity index (χ4v) is 0.738. The molecule has 0 saturated carbocycles. The number of hydrogen-bond donors (Lipinski definition) is 3. The largest absolute Gasteiger partial charge is 0.481 e. The number of carboxylic acids is 3. The zero-order valence-corrected chi connectivity index (χ0v) is 7.66. The Morgan fingerprint density at radius 2 is 1.53 bits per heavy atom. The molecular weight excluding hydrogens is 204 g/mol. The molecule has 0 aliphatic carbocycles. The van der Waals surface area contributed by atoms with Crippen LogP contribution in [0.1, 0.15) is 6.42 Å². The smallest absolute Gasteiger partial charge is 0.328 e. The van der Waals surface area contributed by atoms with Gasteiger partial charge in [-0.2, -0.15) is 0 Å². The molecule has 6 heteroatoms. The van der Waals surface area contributed by atoms with Gasteiger partial charge in [-0.25, -0.2) is 4.79 Å². The van der Waals surface area contributed by atoms with E-state index in [4.69, 9.17) is 15.3 Å². The van der Waals surface area contributed by atoms with Crippen molar-refractivity contribution in [3.05, 3.63) is 24.3 Å². The monoisotopic (exact) mass is 214 g/mol. The number of hydrogen-bond acceptors (Lipinski definition) is 3. The highest BCUT2D eigenvalue weighted by molar-refractivity contribution is 5.93. The van der Waals surface area contributed by atoms with Crippen molar-refractivity contribution in [3.63, 3.8) is 0 Å². The Bertz CT molecular complexity index is 301. The first-order valence-electron chi connectivity index (χ1n) is 3.97.